The molecule has 1 aliphatic heterocycles. The Balaban J connectivity index is 1.66. The summed E-state index contributed by atoms with van der Waals surface area (Å²) in [5.74, 6) is 1.76. The quantitative estimate of drug-likeness (QED) is 0.680. The van der Waals surface area contributed by atoms with E-state index in [4.69, 9.17) is 9.47 Å². The van der Waals surface area contributed by atoms with E-state index in [0.717, 1.165) is 27.8 Å². The molecule has 4 rings (SSSR count). The molecule has 5 nitrogen and oxygen atoms in total. The number of ether oxygens (including phenoxy) is 2. The summed E-state index contributed by atoms with van der Waals surface area (Å²) in [6, 6.07) is 15.6. The molecule has 138 valence electrons. The molecule has 2 heterocycles. The van der Waals surface area contributed by atoms with Gasteiger partial charge in [0.25, 0.3) is 5.91 Å². The highest BCUT2D eigenvalue weighted by molar-refractivity contribution is 6.05. The van der Waals surface area contributed by atoms with Gasteiger partial charge in [0.05, 0.1) is 0 Å². The van der Waals surface area contributed by atoms with Crippen molar-refractivity contribution in [3.63, 3.8) is 0 Å². The average Bonchev–Trinajstić information content (AvgIpc) is 3.14. The zero-order chi connectivity index (χ0) is 18.8. The number of aromatic nitrogens is 1. The van der Waals surface area contributed by atoms with E-state index in [2.05, 4.69) is 18.8 Å². The van der Waals surface area contributed by atoms with Crippen molar-refractivity contribution in [2.45, 2.75) is 20.4 Å². The second kappa shape index (κ2) is 7.27. The van der Waals surface area contributed by atoms with Gasteiger partial charge in [0, 0.05) is 24.7 Å². The van der Waals surface area contributed by atoms with Crippen LogP contribution in [0.2, 0.25) is 0 Å². The molecule has 0 saturated heterocycles. The lowest BCUT2D eigenvalue weighted by Gasteiger charge is -2.25. The van der Waals surface area contributed by atoms with Gasteiger partial charge in [-0.05, 0) is 35.1 Å². The molecule has 1 aliphatic rings. The first-order valence-electron chi connectivity index (χ1n) is 9.13. The molecular formula is C22H22N2O3. The Kier molecular flexibility index (Phi) is 4.67. The monoisotopic (exact) mass is 362 g/mol. The van der Waals surface area contributed by atoms with Gasteiger partial charge >= 0.3 is 0 Å². The molecule has 0 saturated carbocycles. The van der Waals surface area contributed by atoms with Crippen molar-refractivity contribution < 1.29 is 14.3 Å². The van der Waals surface area contributed by atoms with E-state index in [1.807, 2.05) is 53.4 Å². The molecule has 0 spiro atoms. The van der Waals surface area contributed by atoms with Crippen LogP contribution in [0.25, 0.3) is 10.8 Å². The fourth-order valence-corrected chi connectivity index (χ4v) is 3.36. The van der Waals surface area contributed by atoms with Gasteiger partial charge in [-0.2, -0.15) is 0 Å². The highest BCUT2D eigenvalue weighted by Gasteiger charge is 2.22. The van der Waals surface area contributed by atoms with Gasteiger partial charge in [-0.25, -0.2) is 0 Å². The molecule has 1 aromatic heterocycles. The normalized spacial score (nSPS) is 12.6. The van der Waals surface area contributed by atoms with Crippen LogP contribution in [0.4, 0.5) is 0 Å². The van der Waals surface area contributed by atoms with Crippen molar-refractivity contribution >= 4 is 16.7 Å². The molecule has 27 heavy (non-hydrogen) atoms. The summed E-state index contributed by atoms with van der Waals surface area (Å²) in [5, 5.41) is 1.90. The number of hydrogen-bond donors (Lipinski definition) is 0. The Morgan fingerprint density at radius 3 is 2.78 bits per heavy atom. The zero-order valence-corrected chi connectivity index (χ0v) is 15.5. The van der Waals surface area contributed by atoms with Crippen LogP contribution in [0.15, 0.2) is 54.7 Å². The Morgan fingerprint density at radius 2 is 1.93 bits per heavy atom. The Hall–Kier alpha value is -3.08. The summed E-state index contributed by atoms with van der Waals surface area (Å²) < 4.78 is 10.8. The number of carbonyl (C=O) groups is 1. The number of fused-ring (bicyclic) bond motifs is 2. The maximum Gasteiger partial charge on any atom is 0.273 e. The van der Waals surface area contributed by atoms with E-state index in [1.165, 1.54) is 0 Å². The predicted molar refractivity (Wildman–Crippen MR) is 104 cm³/mol. The number of rotatable bonds is 5. The lowest BCUT2D eigenvalue weighted by atomic mass is 10.1. The molecule has 0 atom stereocenters. The standard InChI is InChI=1S/C22H22N2O3/c1-15(2)12-24(13-16-7-8-19-20(11-16)27-14-26-19)22(25)21-18-6-4-3-5-17(18)9-10-23-21/h3-11,15H,12-14H2,1-2H3. The number of nitrogens with zero attached hydrogens (tertiary/aromatic N) is 2. The van der Waals surface area contributed by atoms with Crippen molar-refractivity contribution in [2.75, 3.05) is 13.3 Å². The molecule has 0 bridgehead atoms. The van der Waals surface area contributed by atoms with Crippen molar-refractivity contribution in [3.05, 3.63) is 66.0 Å². The summed E-state index contributed by atoms with van der Waals surface area (Å²) in [7, 11) is 0. The zero-order valence-electron chi connectivity index (χ0n) is 15.5. The van der Waals surface area contributed by atoms with Crippen LogP contribution < -0.4 is 9.47 Å². The summed E-state index contributed by atoms with van der Waals surface area (Å²) in [4.78, 5) is 19.6. The van der Waals surface area contributed by atoms with Crippen molar-refractivity contribution in [1.29, 1.82) is 0 Å². The largest absolute Gasteiger partial charge is 0.454 e. The van der Waals surface area contributed by atoms with Gasteiger partial charge < -0.3 is 14.4 Å². The third-order valence-corrected chi connectivity index (χ3v) is 4.56. The third-order valence-electron chi connectivity index (χ3n) is 4.56. The average molecular weight is 362 g/mol. The van der Waals surface area contributed by atoms with Crippen molar-refractivity contribution in [1.82, 2.24) is 9.88 Å². The van der Waals surface area contributed by atoms with E-state index >= 15 is 0 Å². The second-order valence-corrected chi connectivity index (χ2v) is 7.15. The van der Waals surface area contributed by atoms with E-state index in [1.54, 1.807) is 6.20 Å². The lowest BCUT2D eigenvalue weighted by molar-refractivity contribution is 0.0718. The van der Waals surface area contributed by atoms with Gasteiger partial charge in [-0.15, -0.1) is 0 Å². The van der Waals surface area contributed by atoms with Gasteiger partial charge in [-0.3, -0.25) is 9.78 Å². The van der Waals surface area contributed by atoms with Crippen LogP contribution in [0.3, 0.4) is 0 Å². The summed E-state index contributed by atoms with van der Waals surface area (Å²) in [5.41, 5.74) is 1.50. The maximum absolute atomic E-state index is 13.3. The molecule has 0 N–H and O–H groups in total. The fraction of sp³-hybridized carbons (Fsp3) is 0.273. The number of carbonyl (C=O) groups excluding carboxylic acids is 1. The van der Waals surface area contributed by atoms with E-state index in [0.29, 0.717) is 24.7 Å². The summed E-state index contributed by atoms with van der Waals surface area (Å²) >= 11 is 0. The fourth-order valence-electron chi connectivity index (χ4n) is 3.36. The van der Waals surface area contributed by atoms with Crippen molar-refractivity contribution in [2.24, 2.45) is 5.92 Å². The van der Waals surface area contributed by atoms with Crippen LogP contribution in [-0.2, 0) is 6.54 Å². The molecule has 2 aromatic carbocycles. The van der Waals surface area contributed by atoms with Crippen LogP contribution in [0.5, 0.6) is 11.5 Å². The Morgan fingerprint density at radius 1 is 1.11 bits per heavy atom. The Bertz CT molecular complexity index is 979. The molecule has 0 unspecified atom stereocenters. The molecule has 0 radical (unpaired) electrons. The number of pyridine rings is 1. The van der Waals surface area contributed by atoms with E-state index in [-0.39, 0.29) is 12.7 Å². The minimum absolute atomic E-state index is 0.0573. The molecular weight excluding hydrogens is 340 g/mol. The minimum atomic E-state index is -0.0573. The molecule has 1 amide bonds. The number of amides is 1. The minimum Gasteiger partial charge on any atom is -0.454 e. The number of hydrogen-bond acceptors (Lipinski definition) is 4. The first-order valence-corrected chi connectivity index (χ1v) is 9.13. The van der Waals surface area contributed by atoms with Gasteiger partial charge in [0.2, 0.25) is 6.79 Å². The van der Waals surface area contributed by atoms with Crippen molar-refractivity contribution in [3.8, 4) is 11.5 Å². The SMILES string of the molecule is CC(C)CN(Cc1ccc2c(c1)OCO2)C(=O)c1nccc2ccccc12. The highest BCUT2D eigenvalue weighted by Crippen LogP contribution is 2.33. The predicted octanol–water partition coefficient (Wildman–Crippen LogP) is 4.26. The van der Waals surface area contributed by atoms with E-state index in [9.17, 15) is 4.79 Å². The maximum atomic E-state index is 13.3. The highest BCUT2D eigenvalue weighted by atomic mass is 16.7. The summed E-state index contributed by atoms with van der Waals surface area (Å²) in [6.45, 7) is 5.61. The lowest BCUT2D eigenvalue weighted by Crippen LogP contribution is -2.34. The third kappa shape index (κ3) is 3.58. The second-order valence-electron chi connectivity index (χ2n) is 7.15. The van der Waals surface area contributed by atoms with Gasteiger partial charge in [0.15, 0.2) is 11.5 Å². The first kappa shape index (κ1) is 17.3. The van der Waals surface area contributed by atoms with Crippen LogP contribution >= 0.6 is 0 Å². The van der Waals surface area contributed by atoms with Gasteiger partial charge in [-0.1, -0.05) is 44.2 Å². The number of benzene rings is 2. The Labute approximate surface area is 158 Å². The van der Waals surface area contributed by atoms with Crippen LogP contribution in [-0.4, -0.2) is 29.1 Å². The molecule has 0 aliphatic carbocycles. The summed E-state index contributed by atoms with van der Waals surface area (Å²) in [6.07, 6.45) is 1.70. The molecule has 0 fully saturated rings. The van der Waals surface area contributed by atoms with E-state index < -0.39 is 0 Å². The molecule has 3 aromatic rings. The van der Waals surface area contributed by atoms with Crippen LogP contribution in [0, 0.1) is 5.92 Å². The molecule has 5 heteroatoms. The smallest absolute Gasteiger partial charge is 0.273 e. The van der Waals surface area contributed by atoms with Crippen LogP contribution in [0.1, 0.15) is 29.9 Å². The topological polar surface area (TPSA) is 51.7 Å². The van der Waals surface area contributed by atoms with Gasteiger partial charge in [0.1, 0.15) is 5.69 Å². The first-order chi connectivity index (χ1) is 13.1.